The molecule has 0 aliphatic carbocycles. The molecule has 1 aromatic carbocycles. The van der Waals surface area contributed by atoms with Gasteiger partial charge in [0.25, 0.3) is 0 Å². The zero-order valence-corrected chi connectivity index (χ0v) is 11.1. The van der Waals surface area contributed by atoms with E-state index in [1.807, 2.05) is 16.8 Å². The summed E-state index contributed by atoms with van der Waals surface area (Å²) < 4.78 is 1.86. The highest BCUT2D eigenvalue weighted by molar-refractivity contribution is 5.25. The molecule has 0 amide bonds. The number of nitrogens with zero attached hydrogens (tertiary/aromatic N) is 4. The second-order valence-corrected chi connectivity index (χ2v) is 4.40. The van der Waals surface area contributed by atoms with Gasteiger partial charge in [0, 0.05) is 0 Å². The lowest BCUT2D eigenvalue weighted by molar-refractivity contribution is 0.516. The number of aromatic nitrogens is 4. The van der Waals surface area contributed by atoms with Crippen molar-refractivity contribution in [2.24, 2.45) is 0 Å². The second-order valence-electron chi connectivity index (χ2n) is 4.40. The minimum atomic E-state index is 0.161. The summed E-state index contributed by atoms with van der Waals surface area (Å²) >= 11 is 0. The van der Waals surface area contributed by atoms with Gasteiger partial charge in [-0.3, -0.25) is 0 Å². The van der Waals surface area contributed by atoms with E-state index in [1.54, 1.807) is 0 Å². The maximum atomic E-state index is 4.10. The van der Waals surface area contributed by atoms with Gasteiger partial charge in [-0.2, -0.15) is 0 Å². The Hall–Kier alpha value is -1.75. The van der Waals surface area contributed by atoms with Crippen LogP contribution in [0, 0.1) is 6.92 Å². The first-order chi connectivity index (χ1) is 8.72. The lowest BCUT2D eigenvalue weighted by Crippen LogP contribution is -2.22. The molecule has 0 fully saturated rings. The number of hydrogen-bond donors (Lipinski definition) is 1. The van der Waals surface area contributed by atoms with E-state index in [0.717, 1.165) is 12.4 Å². The molecule has 18 heavy (non-hydrogen) atoms. The molecule has 5 nitrogen and oxygen atoms in total. The van der Waals surface area contributed by atoms with E-state index >= 15 is 0 Å². The molecule has 1 atom stereocenters. The van der Waals surface area contributed by atoms with Crippen LogP contribution in [0.4, 0.5) is 0 Å². The number of nitrogens with one attached hydrogen (secondary N) is 1. The van der Waals surface area contributed by atoms with Crippen molar-refractivity contribution in [3.05, 3.63) is 41.2 Å². The van der Waals surface area contributed by atoms with Crippen LogP contribution in [-0.2, 0) is 6.54 Å². The fourth-order valence-electron chi connectivity index (χ4n) is 1.98. The van der Waals surface area contributed by atoms with Gasteiger partial charge in [-0.1, -0.05) is 31.2 Å². The Kier molecular flexibility index (Phi) is 4.04. The Bertz CT molecular complexity index is 506. The van der Waals surface area contributed by atoms with Crippen molar-refractivity contribution in [3.8, 4) is 0 Å². The Morgan fingerprint density at radius 3 is 2.83 bits per heavy atom. The van der Waals surface area contributed by atoms with Crippen molar-refractivity contribution in [3.63, 3.8) is 0 Å². The number of rotatable bonds is 5. The van der Waals surface area contributed by atoms with Crippen molar-refractivity contribution < 1.29 is 0 Å². The molecular weight excluding hydrogens is 226 g/mol. The molecule has 1 unspecified atom stereocenters. The summed E-state index contributed by atoms with van der Waals surface area (Å²) in [6, 6.07) is 8.46. The van der Waals surface area contributed by atoms with Crippen LogP contribution in [0.25, 0.3) is 0 Å². The molecule has 1 heterocycles. The topological polar surface area (TPSA) is 55.6 Å². The first-order valence-corrected chi connectivity index (χ1v) is 6.26. The Labute approximate surface area is 107 Å². The van der Waals surface area contributed by atoms with E-state index in [4.69, 9.17) is 0 Å². The molecule has 0 aliphatic heterocycles. The maximum absolute atomic E-state index is 4.10. The van der Waals surface area contributed by atoms with E-state index < -0.39 is 0 Å². The van der Waals surface area contributed by atoms with Crippen molar-refractivity contribution >= 4 is 0 Å². The Morgan fingerprint density at radius 1 is 1.33 bits per heavy atom. The van der Waals surface area contributed by atoms with Crippen LogP contribution in [0.3, 0.4) is 0 Å². The lowest BCUT2D eigenvalue weighted by atomic mass is 10.1. The lowest BCUT2D eigenvalue weighted by Gasteiger charge is -2.12. The zero-order valence-electron chi connectivity index (χ0n) is 11.1. The van der Waals surface area contributed by atoms with Crippen LogP contribution >= 0.6 is 0 Å². The fourth-order valence-corrected chi connectivity index (χ4v) is 1.98. The smallest absolute Gasteiger partial charge is 0.168 e. The van der Waals surface area contributed by atoms with E-state index in [2.05, 4.69) is 53.7 Å². The quantitative estimate of drug-likeness (QED) is 0.871. The van der Waals surface area contributed by atoms with Crippen molar-refractivity contribution in [2.45, 2.75) is 33.4 Å². The van der Waals surface area contributed by atoms with Crippen molar-refractivity contribution in [1.29, 1.82) is 0 Å². The molecular formula is C13H19N5. The summed E-state index contributed by atoms with van der Waals surface area (Å²) in [5.41, 5.74) is 2.50. The molecule has 2 aromatic rings. The van der Waals surface area contributed by atoms with E-state index in [0.29, 0.717) is 6.54 Å². The third-order valence-corrected chi connectivity index (χ3v) is 3.04. The molecule has 0 radical (unpaired) electrons. The maximum Gasteiger partial charge on any atom is 0.168 e. The SMILES string of the molecule is CCNC(C)c1nnnn1Cc1ccccc1C. The van der Waals surface area contributed by atoms with Gasteiger partial charge in [-0.25, -0.2) is 4.68 Å². The van der Waals surface area contributed by atoms with Gasteiger partial charge in [0.05, 0.1) is 12.6 Å². The van der Waals surface area contributed by atoms with Crippen LogP contribution in [0.1, 0.15) is 36.8 Å². The molecule has 2 rings (SSSR count). The molecule has 1 N–H and O–H groups in total. The monoisotopic (exact) mass is 245 g/mol. The summed E-state index contributed by atoms with van der Waals surface area (Å²) in [4.78, 5) is 0. The third kappa shape index (κ3) is 2.73. The zero-order chi connectivity index (χ0) is 13.0. The van der Waals surface area contributed by atoms with Crippen molar-refractivity contribution in [2.75, 3.05) is 6.54 Å². The van der Waals surface area contributed by atoms with Crippen LogP contribution in [0.2, 0.25) is 0 Å². The van der Waals surface area contributed by atoms with Gasteiger partial charge in [0.1, 0.15) is 0 Å². The minimum Gasteiger partial charge on any atom is -0.308 e. The Morgan fingerprint density at radius 2 is 2.11 bits per heavy atom. The van der Waals surface area contributed by atoms with Crippen LogP contribution < -0.4 is 5.32 Å². The van der Waals surface area contributed by atoms with Crippen LogP contribution in [-0.4, -0.2) is 26.8 Å². The summed E-state index contributed by atoms with van der Waals surface area (Å²) in [7, 11) is 0. The number of benzene rings is 1. The van der Waals surface area contributed by atoms with Crippen LogP contribution in [0.15, 0.2) is 24.3 Å². The van der Waals surface area contributed by atoms with Gasteiger partial charge in [-0.15, -0.1) is 5.10 Å². The highest BCUT2D eigenvalue weighted by Gasteiger charge is 2.13. The minimum absolute atomic E-state index is 0.161. The summed E-state index contributed by atoms with van der Waals surface area (Å²) in [5.74, 6) is 0.875. The predicted octanol–water partition coefficient (Wildman–Crippen LogP) is 1.70. The van der Waals surface area contributed by atoms with Gasteiger partial charge >= 0.3 is 0 Å². The Balaban J connectivity index is 2.20. The molecule has 1 aromatic heterocycles. The summed E-state index contributed by atoms with van der Waals surface area (Å²) in [6.45, 7) is 7.87. The summed E-state index contributed by atoms with van der Waals surface area (Å²) in [5, 5.41) is 15.3. The standard InChI is InChI=1S/C13H19N5/c1-4-14-11(3)13-15-16-17-18(13)9-12-8-6-5-7-10(12)2/h5-8,11,14H,4,9H2,1-3H3. The van der Waals surface area contributed by atoms with Gasteiger partial charge in [0.2, 0.25) is 0 Å². The average Bonchev–Trinajstić information content (AvgIpc) is 2.81. The molecule has 0 saturated heterocycles. The van der Waals surface area contributed by atoms with Gasteiger partial charge in [0.15, 0.2) is 5.82 Å². The highest BCUT2D eigenvalue weighted by atomic mass is 15.5. The normalized spacial score (nSPS) is 12.6. The first kappa shape index (κ1) is 12.7. The first-order valence-electron chi connectivity index (χ1n) is 6.26. The van der Waals surface area contributed by atoms with Crippen LogP contribution in [0.5, 0.6) is 0 Å². The average molecular weight is 245 g/mol. The molecule has 0 spiro atoms. The fraction of sp³-hybridized carbons (Fsp3) is 0.462. The summed E-state index contributed by atoms with van der Waals surface area (Å²) in [6.07, 6.45) is 0. The molecule has 96 valence electrons. The predicted molar refractivity (Wildman–Crippen MR) is 70.2 cm³/mol. The van der Waals surface area contributed by atoms with Gasteiger partial charge < -0.3 is 5.32 Å². The van der Waals surface area contributed by atoms with Gasteiger partial charge in [-0.05, 0) is 41.9 Å². The number of aryl methyl sites for hydroxylation is 1. The number of tetrazole rings is 1. The third-order valence-electron chi connectivity index (χ3n) is 3.04. The van der Waals surface area contributed by atoms with Crippen molar-refractivity contribution in [1.82, 2.24) is 25.5 Å². The molecule has 0 aliphatic rings. The van der Waals surface area contributed by atoms with E-state index in [-0.39, 0.29) is 6.04 Å². The highest BCUT2D eigenvalue weighted by Crippen LogP contribution is 2.12. The molecule has 5 heteroatoms. The second kappa shape index (κ2) is 5.73. The molecule has 0 saturated carbocycles. The van der Waals surface area contributed by atoms with E-state index in [9.17, 15) is 0 Å². The largest absolute Gasteiger partial charge is 0.308 e. The number of hydrogen-bond acceptors (Lipinski definition) is 4. The molecule has 0 bridgehead atoms. The van der Waals surface area contributed by atoms with E-state index in [1.165, 1.54) is 11.1 Å².